The fraction of sp³-hybridized carbons (Fsp3) is 0.538. The number of hydrogen-bond donors (Lipinski definition) is 0. The Labute approximate surface area is 123 Å². The second-order valence-corrected chi connectivity index (χ2v) is 7.05. The number of alkyl halides is 2. The molecule has 1 aliphatic rings. The Bertz CT molecular complexity index is 570. The zero-order valence-corrected chi connectivity index (χ0v) is 12.7. The second-order valence-electron chi connectivity index (χ2n) is 5.11. The molecule has 1 fully saturated rings. The van der Waals surface area contributed by atoms with Gasteiger partial charge < -0.3 is 9.64 Å². The summed E-state index contributed by atoms with van der Waals surface area (Å²) in [6, 6.07) is 5.75. The lowest BCUT2D eigenvalue weighted by molar-refractivity contribution is 0.0818. The summed E-state index contributed by atoms with van der Waals surface area (Å²) >= 11 is 0. The highest BCUT2D eigenvalue weighted by molar-refractivity contribution is 7.89. The van der Waals surface area contributed by atoms with Gasteiger partial charge in [0.05, 0.1) is 4.90 Å². The first kappa shape index (κ1) is 16.1. The molecule has 1 saturated heterocycles. The molecule has 2 rings (SSSR count). The van der Waals surface area contributed by atoms with Crippen LogP contribution in [0.1, 0.15) is 0 Å². The Morgan fingerprint density at radius 1 is 1.29 bits per heavy atom. The zero-order valence-electron chi connectivity index (χ0n) is 11.9. The first-order valence-corrected chi connectivity index (χ1v) is 7.92. The highest BCUT2D eigenvalue weighted by Gasteiger charge is 2.37. The summed E-state index contributed by atoms with van der Waals surface area (Å²) in [4.78, 5) is 2.12. The molecule has 1 heterocycles. The van der Waals surface area contributed by atoms with E-state index in [0.29, 0.717) is 13.1 Å². The Kier molecular flexibility index (Phi) is 4.80. The number of hydrogen-bond acceptors (Lipinski definition) is 4. The molecule has 5 nitrogen and oxygen atoms in total. The van der Waals surface area contributed by atoms with Gasteiger partial charge in [-0.25, -0.2) is 17.2 Å². The van der Waals surface area contributed by atoms with Crippen LogP contribution in [-0.4, -0.2) is 63.9 Å². The summed E-state index contributed by atoms with van der Waals surface area (Å²) < 4.78 is 54.9. The van der Waals surface area contributed by atoms with E-state index in [-0.39, 0.29) is 16.7 Å². The minimum Gasteiger partial charge on any atom is -0.488 e. The predicted octanol–water partition coefficient (Wildman–Crippen LogP) is 1.26. The van der Waals surface area contributed by atoms with Crippen molar-refractivity contribution in [3.8, 4) is 5.75 Å². The Balaban J connectivity index is 2.01. The summed E-state index contributed by atoms with van der Waals surface area (Å²) in [7, 11) is 0.299. The predicted molar refractivity (Wildman–Crippen MR) is 74.2 cm³/mol. The number of ether oxygens (including phenoxy) is 1. The van der Waals surface area contributed by atoms with Gasteiger partial charge in [-0.05, 0) is 38.4 Å². The van der Waals surface area contributed by atoms with E-state index < -0.39 is 23.1 Å². The van der Waals surface area contributed by atoms with Crippen LogP contribution in [0.3, 0.4) is 0 Å². The fourth-order valence-corrected chi connectivity index (χ4v) is 3.47. The minimum absolute atomic E-state index is 0.143. The van der Waals surface area contributed by atoms with Gasteiger partial charge in [0.1, 0.15) is 12.4 Å². The van der Waals surface area contributed by atoms with E-state index in [0.717, 1.165) is 0 Å². The minimum atomic E-state index is -3.51. The van der Waals surface area contributed by atoms with Crippen molar-refractivity contribution in [3.05, 3.63) is 24.3 Å². The van der Waals surface area contributed by atoms with Crippen molar-refractivity contribution in [2.24, 2.45) is 0 Å². The van der Waals surface area contributed by atoms with E-state index >= 15 is 0 Å². The van der Waals surface area contributed by atoms with Crippen LogP contribution in [0.2, 0.25) is 0 Å². The average molecular weight is 320 g/mol. The largest absolute Gasteiger partial charge is 0.488 e. The first-order valence-electron chi connectivity index (χ1n) is 6.48. The van der Waals surface area contributed by atoms with Gasteiger partial charge in [0.25, 0.3) is 6.43 Å². The molecule has 0 atom stereocenters. The Morgan fingerprint density at radius 2 is 1.86 bits per heavy atom. The molecule has 1 aromatic rings. The molecule has 118 valence electrons. The molecule has 0 N–H and O–H groups in total. The molecule has 0 spiro atoms. The van der Waals surface area contributed by atoms with Gasteiger partial charge >= 0.3 is 0 Å². The van der Waals surface area contributed by atoms with Gasteiger partial charge in [0.2, 0.25) is 10.0 Å². The van der Waals surface area contributed by atoms with E-state index in [1.807, 2.05) is 19.0 Å². The number of sulfonamides is 1. The summed E-state index contributed by atoms with van der Waals surface area (Å²) in [5.74, 6) is 0.226. The third-order valence-electron chi connectivity index (χ3n) is 3.40. The van der Waals surface area contributed by atoms with Gasteiger partial charge in [-0.1, -0.05) is 0 Å². The highest BCUT2D eigenvalue weighted by atomic mass is 32.2. The quantitative estimate of drug-likeness (QED) is 0.792. The zero-order chi connectivity index (χ0) is 15.6. The molecule has 0 aromatic heterocycles. The molecule has 0 aliphatic carbocycles. The van der Waals surface area contributed by atoms with Crippen LogP contribution in [0, 0.1) is 0 Å². The first-order chi connectivity index (χ1) is 9.80. The van der Waals surface area contributed by atoms with Crippen LogP contribution in [-0.2, 0) is 10.0 Å². The lowest BCUT2D eigenvalue weighted by Gasteiger charge is -2.41. The van der Waals surface area contributed by atoms with Crippen molar-refractivity contribution in [2.75, 3.05) is 33.8 Å². The topological polar surface area (TPSA) is 49.9 Å². The van der Waals surface area contributed by atoms with Gasteiger partial charge in [-0.3, -0.25) is 0 Å². The van der Waals surface area contributed by atoms with Crippen LogP contribution in [0.4, 0.5) is 8.78 Å². The number of nitrogens with zero attached hydrogens (tertiary/aromatic N) is 2. The number of rotatable bonds is 6. The van der Waals surface area contributed by atoms with Crippen molar-refractivity contribution in [2.45, 2.75) is 17.4 Å². The third kappa shape index (κ3) is 3.69. The monoisotopic (exact) mass is 320 g/mol. The lowest BCUT2D eigenvalue weighted by atomic mass is 10.2. The lowest BCUT2D eigenvalue weighted by Crippen LogP contribution is -2.58. The van der Waals surface area contributed by atoms with Gasteiger partial charge in [-0.2, -0.15) is 4.31 Å². The smallest absolute Gasteiger partial charge is 0.272 e. The SMILES string of the molecule is CN(C)C1CN(S(=O)(=O)c2ccc(OCC(F)F)cc2)C1. The molecule has 0 unspecified atom stereocenters. The molecule has 0 saturated carbocycles. The normalized spacial score (nSPS) is 17.2. The summed E-state index contributed by atoms with van der Waals surface area (Å²) in [6.07, 6.45) is -2.56. The highest BCUT2D eigenvalue weighted by Crippen LogP contribution is 2.25. The van der Waals surface area contributed by atoms with Gasteiger partial charge in [0.15, 0.2) is 0 Å². The summed E-state index contributed by atoms with van der Waals surface area (Å²) in [5.41, 5.74) is 0. The van der Waals surface area contributed by atoms with Gasteiger partial charge in [0, 0.05) is 19.1 Å². The van der Waals surface area contributed by atoms with Crippen molar-refractivity contribution >= 4 is 10.0 Å². The number of likely N-dealkylation sites (N-methyl/N-ethyl adjacent to an activating group) is 1. The van der Waals surface area contributed by atoms with Crippen LogP contribution < -0.4 is 4.74 Å². The van der Waals surface area contributed by atoms with Crippen LogP contribution in [0.15, 0.2) is 29.2 Å². The maximum atomic E-state index is 12.3. The molecular weight excluding hydrogens is 302 g/mol. The fourth-order valence-electron chi connectivity index (χ4n) is 1.96. The third-order valence-corrected chi connectivity index (χ3v) is 5.24. The summed E-state index contributed by atoms with van der Waals surface area (Å²) in [6.45, 7) is 0.209. The van der Waals surface area contributed by atoms with Crippen LogP contribution in [0.25, 0.3) is 0 Å². The molecule has 21 heavy (non-hydrogen) atoms. The average Bonchev–Trinajstić information content (AvgIpc) is 2.34. The number of benzene rings is 1. The van der Waals surface area contributed by atoms with E-state index in [1.165, 1.54) is 28.6 Å². The molecule has 8 heteroatoms. The maximum Gasteiger partial charge on any atom is 0.272 e. The van der Waals surface area contributed by atoms with Crippen LogP contribution in [0.5, 0.6) is 5.75 Å². The molecule has 1 aromatic carbocycles. The van der Waals surface area contributed by atoms with Crippen LogP contribution >= 0.6 is 0 Å². The molecule has 0 amide bonds. The number of halogens is 2. The standard InChI is InChI=1S/C13H18F2N2O3S/c1-16(2)10-7-17(8-10)21(18,19)12-5-3-11(4-6-12)20-9-13(14)15/h3-6,10,13H,7-9H2,1-2H3. The van der Waals surface area contributed by atoms with Gasteiger partial charge in [-0.15, -0.1) is 0 Å². The van der Waals surface area contributed by atoms with E-state index in [4.69, 9.17) is 4.74 Å². The van der Waals surface area contributed by atoms with Crippen molar-refractivity contribution in [3.63, 3.8) is 0 Å². The molecule has 0 bridgehead atoms. The Morgan fingerprint density at radius 3 is 2.33 bits per heavy atom. The Hall–Kier alpha value is -1.25. The van der Waals surface area contributed by atoms with E-state index in [9.17, 15) is 17.2 Å². The summed E-state index contributed by atoms with van der Waals surface area (Å²) in [5, 5.41) is 0. The molecule has 0 radical (unpaired) electrons. The van der Waals surface area contributed by atoms with E-state index in [2.05, 4.69) is 0 Å². The van der Waals surface area contributed by atoms with Crippen molar-refractivity contribution < 1.29 is 21.9 Å². The molecular formula is C13H18F2N2O3S. The van der Waals surface area contributed by atoms with Crippen molar-refractivity contribution in [1.29, 1.82) is 0 Å². The second kappa shape index (κ2) is 6.25. The van der Waals surface area contributed by atoms with Crippen molar-refractivity contribution in [1.82, 2.24) is 9.21 Å². The molecule has 1 aliphatic heterocycles. The maximum absolute atomic E-state index is 12.3. The van der Waals surface area contributed by atoms with E-state index in [1.54, 1.807) is 0 Å².